The van der Waals surface area contributed by atoms with Gasteiger partial charge in [-0.25, -0.2) is 0 Å². The third-order valence-corrected chi connectivity index (χ3v) is 6.76. The lowest BCUT2D eigenvalue weighted by Gasteiger charge is -2.35. The molecule has 3 rings (SSSR count). The lowest BCUT2D eigenvalue weighted by Crippen LogP contribution is -2.38. The predicted molar refractivity (Wildman–Crippen MR) is 84.8 cm³/mol. The second kappa shape index (κ2) is 5.59. The Morgan fingerprint density at radius 2 is 1.90 bits per heavy atom. The molecule has 0 aromatic carbocycles. The Balaban J connectivity index is 1.63. The number of esters is 1. The smallest absolute Gasteiger partial charge is 0.312 e. The van der Waals surface area contributed by atoms with Crippen LogP contribution in [0.15, 0.2) is 0 Å². The summed E-state index contributed by atoms with van der Waals surface area (Å²) in [4.78, 5) is 12.7. The Hall–Kier alpha value is -0.530. The number of ether oxygens (including phenoxy) is 1. The maximum atomic E-state index is 12.7. The van der Waals surface area contributed by atoms with Crippen molar-refractivity contribution in [3.63, 3.8) is 0 Å². The molecule has 3 aliphatic rings. The average Bonchev–Trinajstić information content (AvgIpc) is 3.09. The van der Waals surface area contributed by atoms with Crippen LogP contribution in [-0.2, 0) is 9.53 Å². The van der Waals surface area contributed by atoms with Crippen molar-refractivity contribution in [1.29, 1.82) is 0 Å². The summed E-state index contributed by atoms with van der Waals surface area (Å²) < 4.78 is 6.07. The van der Waals surface area contributed by atoms with Crippen LogP contribution >= 0.6 is 0 Å². The van der Waals surface area contributed by atoms with Crippen LogP contribution in [0.25, 0.3) is 0 Å². The second-order valence-electron chi connectivity index (χ2n) is 8.61. The van der Waals surface area contributed by atoms with Crippen LogP contribution in [0.4, 0.5) is 0 Å². The fourth-order valence-corrected chi connectivity index (χ4v) is 5.69. The van der Waals surface area contributed by atoms with E-state index in [1.54, 1.807) is 0 Å². The van der Waals surface area contributed by atoms with Gasteiger partial charge in [0.15, 0.2) is 0 Å². The first-order valence-electron chi connectivity index (χ1n) is 9.15. The number of hydrogen-bond donors (Lipinski definition) is 0. The van der Waals surface area contributed by atoms with E-state index < -0.39 is 0 Å². The SMILES string of the molecule is CCC(C)(CC(C)C)C(=O)OC1CC2CC1C1CCCC21. The van der Waals surface area contributed by atoms with Gasteiger partial charge in [0.2, 0.25) is 0 Å². The van der Waals surface area contributed by atoms with Crippen molar-refractivity contribution >= 4 is 5.97 Å². The lowest BCUT2D eigenvalue weighted by molar-refractivity contribution is -0.166. The molecule has 6 unspecified atom stereocenters. The molecule has 6 atom stereocenters. The summed E-state index contributed by atoms with van der Waals surface area (Å²) in [7, 11) is 0. The van der Waals surface area contributed by atoms with Crippen LogP contribution in [0.5, 0.6) is 0 Å². The van der Waals surface area contributed by atoms with Crippen molar-refractivity contribution in [2.75, 3.05) is 0 Å². The molecule has 0 saturated heterocycles. The van der Waals surface area contributed by atoms with Crippen LogP contribution in [-0.4, -0.2) is 12.1 Å². The van der Waals surface area contributed by atoms with E-state index in [2.05, 4.69) is 27.7 Å². The van der Waals surface area contributed by atoms with Gasteiger partial charge in [-0.15, -0.1) is 0 Å². The molecule has 2 nitrogen and oxygen atoms in total. The fourth-order valence-electron chi connectivity index (χ4n) is 5.69. The average molecular weight is 292 g/mol. The van der Waals surface area contributed by atoms with Crippen molar-refractivity contribution in [3.8, 4) is 0 Å². The number of carbonyl (C=O) groups excluding carboxylic acids is 1. The Morgan fingerprint density at radius 1 is 1.19 bits per heavy atom. The molecule has 2 heteroatoms. The Morgan fingerprint density at radius 3 is 2.57 bits per heavy atom. The molecule has 21 heavy (non-hydrogen) atoms. The Bertz CT molecular complexity index is 402. The molecule has 0 aliphatic heterocycles. The lowest BCUT2D eigenvalue weighted by atomic mass is 9.78. The van der Waals surface area contributed by atoms with Gasteiger partial charge in [0.1, 0.15) is 6.10 Å². The van der Waals surface area contributed by atoms with Gasteiger partial charge in [-0.2, -0.15) is 0 Å². The molecule has 0 aromatic heterocycles. The largest absolute Gasteiger partial charge is 0.462 e. The van der Waals surface area contributed by atoms with Crippen LogP contribution in [0.3, 0.4) is 0 Å². The molecule has 0 amide bonds. The van der Waals surface area contributed by atoms with Gasteiger partial charge >= 0.3 is 5.97 Å². The number of carbonyl (C=O) groups is 1. The zero-order valence-corrected chi connectivity index (χ0v) is 14.2. The molecular weight excluding hydrogens is 260 g/mol. The first-order chi connectivity index (χ1) is 9.94. The van der Waals surface area contributed by atoms with Crippen molar-refractivity contribution in [2.45, 2.75) is 78.7 Å². The van der Waals surface area contributed by atoms with Gasteiger partial charge in [0.25, 0.3) is 0 Å². The standard InChI is InChI=1S/C19H32O2/c1-5-19(4,11-12(2)3)18(20)21-17-10-13-9-16(17)15-8-6-7-14(13)15/h12-17H,5-11H2,1-4H3. The minimum atomic E-state index is -0.287. The maximum absolute atomic E-state index is 12.7. The molecule has 3 aliphatic carbocycles. The predicted octanol–water partition coefficient (Wildman–Crippen LogP) is 4.82. The maximum Gasteiger partial charge on any atom is 0.312 e. The molecule has 0 N–H and O–H groups in total. The molecule has 3 saturated carbocycles. The van der Waals surface area contributed by atoms with E-state index in [-0.39, 0.29) is 17.5 Å². The highest BCUT2D eigenvalue weighted by atomic mass is 16.5. The quantitative estimate of drug-likeness (QED) is 0.679. The normalized spacial score (nSPS) is 40.3. The van der Waals surface area contributed by atoms with Crippen molar-refractivity contribution in [2.24, 2.45) is 35.0 Å². The van der Waals surface area contributed by atoms with Crippen LogP contribution in [0, 0.1) is 35.0 Å². The molecule has 0 spiro atoms. The van der Waals surface area contributed by atoms with E-state index in [0.717, 1.165) is 37.0 Å². The zero-order valence-electron chi connectivity index (χ0n) is 14.2. The Kier molecular flexibility index (Phi) is 4.09. The van der Waals surface area contributed by atoms with E-state index in [1.165, 1.54) is 25.7 Å². The topological polar surface area (TPSA) is 26.3 Å². The van der Waals surface area contributed by atoms with E-state index in [9.17, 15) is 4.79 Å². The number of hydrogen-bond acceptors (Lipinski definition) is 2. The van der Waals surface area contributed by atoms with E-state index in [0.29, 0.717) is 11.8 Å². The third-order valence-electron chi connectivity index (χ3n) is 6.76. The summed E-state index contributed by atoms with van der Waals surface area (Å²) in [6, 6.07) is 0. The Labute approximate surface area is 130 Å². The highest BCUT2D eigenvalue weighted by Crippen LogP contribution is 2.59. The molecule has 0 heterocycles. The summed E-state index contributed by atoms with van der Waals surface area (Å²) >= 11 is 0. The summed E-state index contributed by atoms with van der Waals surface area (Å²) in [6.45, 7) is 8.61. The van der Waals surface area contributed by atoms with Crippen LogP contribution in [0.1, 0.15) is 72.6 Å². The molecule has 120 valence electrons. The van der Waals surface area contributed by atoms with E-state index in [1.807, 2.05) is 0 Å². The van der Waals surface area contributed by atoms with Gasteiger partial charge < -0.3 is 4.74 Å². The van der Waals surface area contributed by atoms with Crippen molar-refractivity contribution in [3.05, 3.63) is 0 Å². The molecular formula is C19H32O2. The summed E-state index contributed by atoms with van der Waals surface area (Å²) in [5, 5.41) is 0. The van der Waals surface area contributed by atoms with Crippen LogP contribution in [0.2, 0.25) is 0 Å². The first-order valence-corrected chi connectivity index (χ1v) is 9.15. The number of rotatable bonds is 5. The molecule has 0 aromatic rings. The monoisotopic (exact) mass is 292 g/mol. The van der Waals surface area contributed by atoms with Gasteiger partial charge in [-0.05, 0) is 75.0 Å². The van der Waals surface area contributed by atoms with Crippen LogP contribution < -0.4 is 0 Å². The number of fused-ring (bicyclic) bond motifs is 5. The zero-order chi connectivity index (χ0) is 15.2. The third kappa shape index (κ3) is 2.64. The van der Waals surface area contributed by atoms with Crippen molar-refractivity contribution < 1.29 is 9.53 Å². The molecule has 2 bridgehead atoms. The van der Waals surface area contributed by atoms with E-state index in [4.69, 9.17) is 4.74 Å². The first kappa shape index (κ1) is 15.4. The van der Waals surface area contributed by atoms with Crippen molar-refractivity contribution in [1.82, 2.24) is 0 Å². The molecule has 3 fully saturated rings. The molecule has 0 radical (unpaired) electrons. The highest BCUT2D eigenvalue weighted by molar-refractivity contribution is 5.76. The second-order valence-corrected chi connectivity index (χ2v) is 8.61. The summed E-state index contributed by atoms with van der Waals surface area (Å²) in [5.74, 6) is 4.01. The van der Waals surface area contributed by atoms with Gasteiger partial charge in [-0.3, -0.25) is 4.79 Å². The minimum absolute atomic E-state index is 0.0748. The summed E-state index contributed by atoms with van der Waals surface area (Å²) in [6.07, 6.45) is 8.78. The van der Waals surface area contributed by atoms with Gasteiger partial charge in [0.05, 0.1) is 5.41 Å². The highest BCUT2D eigenvalue weighted by Gasteiger charge is 2.55. The fraction of sp³-hybridized carbons (Fsp3) is 0.947. The minimum Gasteiger partial charge on any atom is -0.462 e. The summed E-state index contributed by atoms with van der Waals surface area (Å²) in [5.41, 5.74) is -0.287. The van der Waals surface area contributed by atoms with E-state index >= 15 is 0 Å². The van der Waals surface area contributed by atoms with Gasteiger partial charge in [-0.1, -0.05) is 27.2 Å². The van der Waals surface area contributed by atoms with Gasteiger partial charge in [0, 0.05) is 0 Å².